The number of nitrogens with two attached hydrogens (primary N) is 1. The van der Waals surface area contributed by atoms with Crippen LogP contribution in [0.5, 0.6) is 0 Å². The third-order valence-corrected chi connectivity index (χ3v) is 7.77. The zero-order valence-electron chi connectivity index (χ0n) is 16.1. The average molecular weight is 466 g/mol. The average Bonchev–Trinajstić information content (AvgIpc) is 3.15. The highest BCUT2D eigenvalue weighted by Gasteiger charge is 2.49. The molecular weight excluding hydrogens is 446 g/mol. The molecule has 1 aliphatic rings. The Bertz CT molecular complexity index is 1180. The standard InChI is InChI=1S/C18H17N3O4S2.CH2O3/c1-10-16(11-5-3-2-4-6-11)17(10)21-27(23,24)15-8-7-14(26-15)12-9-13(18(19)22)25-20-12;2-1(3)4/h2-10,16-17,21H,1H3,(H2,19,22);(H2,2,3,4)/t10-,16-,17+;/m1./s1. The Kier molecular flexibility index (Phi) is 6.43. The highest BCUT2D eigenvalue weighted by Crippen LogP contribution is 2.48. The monoisotopic (exact) mass is 465 g/mol. The fraction of sp³-hybridized carbons (Fsp3) is 0.211. The van der Waals surface area contributed by atoms with E-state index in [0.29, 0.717) is 10.6 Å². The molecule has 1 aromatic carbocycles. The SMILES string of the molecule is C[C@H]1[C@H](NS(=O)(=O)c2ccc(-c3cc(C(N)=O)on3)s2)[C@H]1c1ccccc1.O=C(O)O. The summed E-state index contributed by atoms with van der Waals surface area (Å²) in [7, 11) is -3.65. The van der Waals surface area contributed by atoms with Gasteiger partial charge in [0.15, 0.2) is 0 Å². The van der Waals surface area contributed by atoms with Crippen LogP contribution in [-0.4, -0.2) is 41.9 Å². The molecule has 2 aromatic heterocycles. The maximum absolute atomic E-state index is 12.7. The Balaban J connectivity index is 0.000000628. The van der Waals surface area contributed by atoms with Crippen molar-refractivity contribution in [3.63, 3.8) is 0 Å². The van der Waals surface area contributed by atoms with Gasteiger partial charge in [0.2, 0.25) is 15.8 Å². The fourth-order valence-corrected chi connectivity index (χ4v) is 5.80. The topological polar surface area (TPSA) is 173 Å². The van der Waals surface area contributed by atoms with Gasteiger partial charge in [-0.2, -0.15) is 0 Å². The van der Waals surface area contributed by atoms with Crippen LogP contribution in [-0.2, 0) is 10.0 Å². The zero-order valence-corrected chi connectivity index (χ0v) is 17.8. The number of hydrogen-bond donors (Lipinski definition) is 4. The van der Waals surface area contributed by atoms with Gasteiger partial charge in [-0.15, -0.1) is 11.3 Å². The van der Waals surface area contributed by atoms with Gasteiger partial charge in [0.1, 0.15) is 9.90 Å². The lowest BCUT2D eigenvalue weighted by atomic mass is 10.1. The molecule has 1 fully saturated rings. The first-order valence-electron chi connectivity index (χ1n) is 8.96. The second-order valence-corrected chi connectivity index (χ2v) is 9.81. The van der Waals surface area contributed by atoms with Crippen LogP contribution in [0.15, 0.2) is 57.3 Å². The molecule has 1 amide bonds. The number of sulfonamides is 1. The van der Waals surface area contributed by atoms with Crippen LogP contribution in [0, 0.1) is 5.92 Å². The highest BCUT2D eigenvalue weighted by atomic mass is 32.2. The molecule has 0 spiro atoms. The molecule has 10 nitrogen and oxygen atoms in total. The van der Waals surface area contributed by atoms with E-state index in [1.165, 1.54) is 12.1 Å². The molecule has 4 rings (SSSR count). The molecule has 2 heterocycles. The van der Waals surface area contributed by atoms with Crippen LogP contribution in [0.2, 0.25) is 0 Å². The van der Waals surface area contributed by atoms with E-state index in [2.05, 4.69) is 9.88 Å². The van der Waals surface area contributed by atoms with Crippen molar-refractivity contribution in [2.24, 2.45) is 11.7 Å². The number of amides is 1. The molecule has 0 aliphatic heterocycles. The number of thiophene rings is 1. The van der Waals surface area contributed by atoms with E-state index in [1.807, 2.05) is 37.3 Å². The van der Waals surface area contributed by atoms with Gasteiger partial charge in [0, 0.05) is 18.0 Å². The van der Waals surface area contributed by atoms with Gasteiger partial charge in [-0.05, 0) is 23.6 Å². The zero-order chi connectivity index (χ0) is 22.8. The number of nitrogens with one attached hydrogen (secondary N) is 1. The Labute approximate surface area is 181 Å². The Morgan fingerprint density at radius 1 is 1.16 bits per heavy atom. The van der Waals surface area contributed by atoms with E-state index in [9.17, 15) is 13.2 Å². The number of carbonyl (C=O) groups excluding carboxylic acids is 1. The van der Waals surface area contributed by atoms with Crippen molar-refractivity contribution in [2.45, 2.75) is 23.1 Å². The molecule has 3 aromatic rings. The first-order chi connectivity index (χ1) is 14.6. The van der Waals surface area contributed by atoms with E-state index in [0.717, 1.165) is 16.9 Å². The normalized spacial score (nSPS) is 19.8. The fourth-order valence-electron chi connectivity index (χ4n) is 3.18. The van der Waals surface area contributed by atoms with Crippen LogP contribution < -0.4 is 10.5 Å². The molecule has 0 radical (unpaired) electrons. The molecule has 1 aliphatic carbocycles. The van der Waals surface area contributed by atoms with Crippen molar-refractivity contribution in [1.29, 1.82) is 0 Å². The van der Waals surface area contributed by atoms with Gasteiger partial charge in [0.25, 0.3) is 5.91 Å². The first kappa shape index (κ1) is 22.5. The van der Waals surface area contributed by atoms with Crippen LogP contribution in [0.25, 0.3) is 10.6 Å². The molecule has 0 bridgehead atoms. The summed E-state index contributed by atoms with van der Waals surface area (Å²) in [5.74, 6) is -0.391. The van der Waals surface area contributed by atoms with Crippen LogP contribution in [0.4, 0.5) is 4.79 Å². The smallest absolute Gasteiger partial charge is 0.450 e. The summed E-state index contributed by atoms with van der Waals surface area (Å²) >= 11 is 1.06. The number of rotatable bonds is 6. The summed E-state index contributed by atoms with van der Waals surface area (Å²) in [6.07, 6.45) is -1.83. The van der Waals surface area contributed by atoms with Gasteiger partial charge in [0.05, 0.1) is 4.88 Å². The maximum Gasteiger partial charge on any atom is 0.503 e. The number of carboxylic acid groups (broad SMARTS) is 2. The van der Waals surface area contributed by atoms with Crippen molar-refractivity contribution in [3.05, 3.63) is 59.9 Å². The van der Waals surface area contributed by atoms with Crippen molar-refractivity contribution in [3.8, 4) is 10.6 Å². The van der Waals surface area contributed by atoms with Crippen LogP contribution in [0.3, 0.4) is 0 Å². The quantitative estimate of drug-likeness (QED) is 0.430. The number of primary amides is 1. The van der Waals surface area contributed by atoms with Crippen molar-refractivity contribution in [1.82, 2.24) is 9.88 Å². The molecule has 0 saturated heterocycles. The first-order valence-corrected chi connectivity index (χ1v) is 11.3. The Hall–Kier alpha value is -3.22. The summed E-state index contributed by atoms with van der Waals surface area (Å²) in [6, 6.07) is 14.3. The van der Waals surface area contributed by atoms with Gasteiger partial charge in [-0.1, -0.05) is 42.4 Å². The van der Waals surface area contributed by atoms with E-state index in [1.54, 1.807) is 6.07 Å². The summed E-state index contributed by atoms with van der Waals surface area (Å²) in [5.41, 5.74) is 6.64. The lowest BCUT2D eigenvalue weighted by Gasteiger charge is -2.04. The van der Waals surface area contributed by atoms with Crippen molar-refractivity contribution >= 4 is 33.4 Å². The molecule has 3 atom stereocenters. The van der Waals surface area contributed by atoms with E-state index < -0.39 is 22.1 Å². The minimum atomic E-state index is -3.65. The highest BCUT2D eigenvalue weighted by molar-refractivity contribution is 7.91. The van der Waals surface area contributed by atoms with Gasteiger partial charge < -0.3 is 20.5 Å². The van der Waals surface area contributed by atoms with Crippen LogP contribution in [0.1, 0.15) is 29.0 Å². The lowest BCUT2D eigenvalue weighted by molar-refractivity contribution is 0.0965. The summed E-state index contributed by atoms with van der Waals surface area (Å²) in [5, 5.41) is 17.7. The minimum Gasteiger partial charge on any atom is -0.450 e. The maximum atomic E-state index is 12.7. The summed E-state index contributed by atoms with van der Waals surface area (Å²) in [6.45, 7) is 2.03. The third-order valence-electron chi connectivity index (χ3n) is 4.71. The Morgan fingerprint density at radius 3 is 2.39 bits per heavy atom. The second-order valence-electron chi connectivity index (χ2n) is 6.78. The van der Waals surface area contributed by atoms with Crippen molar-refractivity contribution in [2.75, 3.05) is 0 Å². The summed E-state index contributed by atoms with van der Waals surface area (Å²) in [4.78, 5) is 20.2. The minimum absolute atomic E-state index is 0.0709. The number of carbonyl (C=O) groups is 2. The van der Waals surface area contributed by atoms with Gasteiger partial charge in [-0.25, -0.2) is 17.9 Å². The second kappa shape index (κ2) is 8.88. The molecule has 31 heavy (non-hydrogen) atoms. The van der Waals surface area contributed by atoms with Gasteiger partial charge in [-0.3, -0.25) is 4.79 Å². The predicted octanol–water partition coefficient (Wildman–Crippen LogP) is 2.80. The Morgan fingerprint density at radius 2 is 1.81 bits per heavy atom. The van der Waals surface area contributed by atoms with E-state index >= 15 is 0 Å². The largest absolute Gasteiger partial charge is 0.503 e. The van der Waals surface area contributed by atoms with E-state index in [-0.39, 0.29) is 27.8 Å². The molecular formula is C19H19N3O7S2. The van der Waals surface area contributed by atoms with Crippen molar-refractivity contribution < 1.29 is 32.7 Å². The molecule has 0 unspecified atom stereocenters. The third kappa shape index (κ3) is 5.29. The lowest BCUT2D eigenvalue weighted by Crippen LogP contribution is -2.27. The predicted molar refractivity (Wildman–Crippen MR) is 111 cm³/mol. The van der Waals surface area contributed by atoms with Crippen LogP contribution >= 0.6 is 11.3 Å². The van der Waals surface area contributed by atoms with Gasteiger partial charge >= 0.3 is 6.16 Å². The number of benzene rings is 1. The molecule has 5 N–H and O–H groups in total. The molecule has 12 heteroatoms. The molecule has 1 saturated carbocycles. The number of hydrogen-bond acceptors (Lipinski definition) is 7. The van der Waals surface area contributed by atoms with E-state index in [4.69, 9.17) is 25.3 Å². The molecule has 164 valence electrons. The summed E-state index contributed by atoms with van der Waals surface area (Å²) < 4.78 is 33.3. The number of nitrogens with zero attached hydrogens (tertiary/aromatic N) is 1. The number of aromatic nitrogens is 1.